The van der Waals surface area contributed by atoms with Crippen molar-refractivity contribution in [3.63, 3.8) is 0 Å². The van der Waals surface area contributed by atoms with Crippen LogP contribution in [0.25, 0.3) is 0 Å². The molecular weight excluding hydrogens is 358 g/mol. The van der Waals surface area contributed by atoms with Gasteiger partial charge in [0, 0.05) is 30.8 Å². The largest absolute Gasteiger partial charge is 0.405 e. The normalized spacial score (nSPS) is 35.2. The maximum atomic E-state index is 13.0. The van der Waals surface area contributed by atoms with Crippen LogP contribution in [-0.2, 0) is 0 Å². The first-order chi connectivity index (χ1) is 10.3. The fourth-order valence-electron chi connectivity index (χ4n) is 3.04. The molecule has 2 heterocycles. The topological polar surface area (TPSA) is 27.3 Å². The minimum atomic E-state index is -4.21. The van der Waals surface area contributed by atoms with Crippen molar-refractivity contribution < 1.29 is 13.2 Å². The van der Waals surface area contributed by atoms with Gasteiger partial charge in [-0.05, 0) is 18.8 Å². The third kappa shape index (κ3) is 5.05. The van der Waals surface area contributed by atoms with Gasteiger partial charge < -0.3 is 0 Å². The lowest BCUT2D eigenvalue weighted by atomic mass is 10.0. The van der Waals surface area contributed by atoms with Gasteiger partial charge in [-0.2, -0.15) is 13.2 Å². The maximum absolute atomic E-state index is 13.0. The number of nitrogens with one attached hydrogen (secondary N) is 2. The van der Waals surface area contributed by atoms with Crippen LogP contribution in [-0.4, -0.2) is 58.9 Å². The highest BCUT2D eigenvalue weighted by Crippen LogP contribution is 2.32. The summed E-state index contributed by atoms with van der Waals surface area (Å²) in [6.45, 7) is 3.33. The van der Waals surface area contributed by atoms with Crippen LogP contribution in [0.1, 0.15) is 19.8 Å². The molecule has 0 aromatic heterocycles. The molecule has 2 N–H and O–H groups in total. The van der Waals surface area contributed by atoms with Crippen molar-refractivity contribution in [2.24, 2.45) is 5.92 Å². The molecule has 5 atom stereocenters. The van der Waals surface area contributed by atoms with Crippen LogP contribution in [0.4, 0.5) is 13.2 Å². The predicted molar refractivity (Wildman–Crippen MR) is 86.5 cm³/mol. The van der Waals surface area contributed by atoms with E-state index in [4.69, 9.17) is 23.2 Å². The summed E-state index contributed by atoms with van der Waals surface area (Å²) >= 11 is 13.3. The highest BCUT2D eigenvalue weighted by molar-refractivity contribution is 8.01. The molecular formula is C13H22Cl2F3N3S. The third-order valence-electron chi connectivity index (χ3n) is 4.17. The average Bonchev–Trinajstić information content (AvgIpc) is 3.02. The molecule has 0 spiro atoms. The third-order valence-corrected chi connectivity index (χ3v) is 6.00. The van der Waals surface area contributed by atoms with Crippen LogP contribution >= 0.6 is 35.0 Å². The van der Waals surface area contributed by atoms with Crippen LogP contribution in [0.15, 0.2) is 0 Å². The Balaban J connectivity index is 1.98. The second-order valence-electron chi connectivity index (χ2n) is 5.95. The zero-order chi connectivity index (χ0) is 16.3. The first-order valence-electron chi connectivity index (χ1n) is 7.47. The highest BCUT2D eigenvalue weighted by Gasteiger charge is 2.48. The van der Waals surface area contributed by atoms with E-state index in [0.717, 1.165) is 19.4 Å². The molecule has 2 rings (SSSR count). The number of thioether (sulfide) groups is 1. The van der Waals surface area contributed by atoms with Crippen LogP contribution in [0.5, 0.6) is 0 Å². The molecule has 2 aliphatic heterocycles. The fraction of sp³-hybridized carbons (Fsp3) is 1.00. The Labute approximate surface area is 143 Å². The van der Waals surface area contributed by atoms with Gasteiger partial charge >= 0.3 is 6.18 Å². The Morgan fingerprint density at radius 2 is 2.14 bits per heavy atom. The molecule has 2 fully saturated rings. The lowest BCUT2D eigenvalue weighted by Crippen LogP contribution is -2.46. The van der Waals surface area contributed by atoms with Crippen molar-refractivity contribution in [3.8, 4) is 0 Å². The lowest BCUT2D eigenvalue weighted by Gasteiger charge is -2.30. The molecule has 3 nitrogen and oxygen atoms in total. The van der Waals surface area contributed by atoms with Gasteiger partial charge in [-0.1, -0.05) is 18.5 Å². The van der Waals surface area contributed by atoms with Gasteiger partial charge in [0.05, 0.1) is 6.17 Å². The van der Waals surface area contributed by atoms with Crippen LogP contribution in [0, 0.1) is 5.92 Å². The Hall–Kier alpha value is 0.600. The molecule has 2 aliphatic rings. The van der Waals surface area contributed by atoms with Crippen LogP contribution in [0.3, 0.4) is 0 Å². The highest BCUT2D eigenvalue weighted by atomic mass is 35.5. The zero-order valence-electron chi connectivity index (χ0n) is 12.4. The van der Waals surface area contributed by atoms with E-state index in [2.05, 4.69) is 10.6 Å². The molecule has 0 aliphatic carbocycles. The van der Waals surface area contributed by atoms with Gasteiger partial charge in [0.25, 0.3) is 0 Å². The van der Waals surface area contributed by atoms with Crippen molar-refractivity contribution in [1.82, 2.24) is 15.5 Å². The molecule has 9 heteroatoms. The van der Waals surface area contributed by atoms with Crippen molar-refractivity contribution >= 4 is 35.0 Å². The summed E-state index contributed by atoms with van der Waals surface area (Å²) in [7, 11) is 0. The minimum absolute atomic E-state index is 0.00337. The van der Waals surface area contributed by atoms with E-state index in [1.165, 1.54) is 0 Å². The predicted octanol–water partition coefficient (Wildman–Crippen LogP) is 3.03. The van der Waals surface area contributed by atoms with E-state index in [9.17, 15) is 13.2 Å². The first-order valence-corrected chi connectivity index (χ1v) is 9.38. The van der Waals surface area contributed by atoms with Gasteiger partial charge in [-0.25, -0.2) is 0 Å². The number of hydrogen-bond acceptors (Lipinski definition) is 4. The van der Waals surface area contributed by atoms with E-state index >= 15 is 0 Å². The molecule has 0 radical (unpaired) electrons. The second kappa shape index (κ2) is 8.12. The quantitative estimate of drug-likeness (QED) is 0.547. The molecule has 0 aromatic rings. The van der Waals surface area contributed by atoms with Gasteiger partial charge in [0.15, 0.2) is 0 Å². The van der Waals surface area contributed by atoms with E-state index in [1.54, 1.807) is 11.8 Å². The van der Waals surface area contributed by atoms with Crippen molar-refractivity contribution in [3.05, 3.63) is 0 Å². The van der Waals surface area contributed by atoms with Gasteiger partial charge in [-0.3, -0.25) is 15.5 Å². The second-order valence-corrected chi connectivity index (χ2v) is 8.43. The SMILES string of the molecule is CC(CCCCl)C1NC(C(F)(F)F)CN1CC1CNC(Cl)S1. The molecule has 2 saturated heterocycles. The molecule has 130 valence electrons. The van der Waals surface area contributed by atoms with Crippen molar-refractivity contribution in [2.45, 2.75) is 48.2 Å². The Morgan fingerprint density at radius 1 is 1.41 bits per heavy atom. The van der Waals surface area contributed by atoms with E-state index in [1.807, 2.05) is 11.8 Å². The van der Waals surface area contributed by atoms with E-state index < -0.39 is 12.2 Å². The van der Waals surface area contributed by atoms with Crippen LogP contribution < -0.4 is 10.6 Å². The van der Waals surface area contributed by atoms with E-state index in [0.29, 0.717) is 12.4 Å². The van der Waals surface area contributed by atoms with Crippen molar-refractivity contribution in [2.75, 3.05) is 25.5 Å². The molecule has 0 aromatic carbocycles. The Bertz CT molecular complexity index is 362. The Morgan fingerprint density at radius 3 is 2.68 bits per heavy atom. The number of alkyl halides is 5. The summed E-state index contributed by atoms with van der Waals surface area (Å²) in [6.07, 6.45) is -2.84. The molecule has 0 saturated carbocycles. The number of halogens is 5. The average molecular weight is 380 g/mol. The summed E-state index contributed by atoms with van der Waals surface area (Å²) in [6, 6.07) is -1.46. The first kappa shape index (κ1) is 18.9. The van der Waals surface area contributed by atoms with Crippen molar-refractivity contribution in [1.29, 1.82) is 0 Å². The molecule has 5 unspecified atom stereocenters. The minimum Gasteiger partial charge on any atom is -0.292 e. The van der Waals surface area contributed by atoms with Gasteiger partial charge in [-0.15, -0.1) is 23.4 Å². The monoisotopic (exact) mass is 379 g/mol. The number of hydrogen-bond donors (Lipinski definition) is 2. The molecule has 22 heavy (non-hydrogen) atoms. The van der Waals surface area contributed by atoms with Gasteiger partial charge in [0.2, 0.25) is 0 Å². The Kier molecular flexibility index (Phi) is 6.99. The summed E-state index contributed by atoms with van der Waals surface area (Å²) in [5.41, 5.74) is 0. The smallest absolute Gasteiger partial charge is 0.292 e. The fourth-order valence-corrected chi connectivity index (χ4v) is 4.72. The number of nitrogens with zero attached hydrogens (tertiary/aromatic N) is 1. The summed E-state index contributed by atoms with van der Waals surface area (Å²) in [4.78, 5) is 1.77. The summed E-state index contributed by atoms with van der Waals surface area (Å²) < 4.78 is 39.1. The summed E-state index contributed by atoms with van der Waals surface area (Å²) in [5.74, 6) is 0.660. The zero-order valence-corrected chi connectivity index (χ0v) is 14.7. The van der Waals surface area contributed by atoms with Crippen LogP contribution in [0.2, 0.25) is 0 Å². The standard InChI is InChI=1S/C13H22Cl2F3N3S/c1-8(3-2-4-14)11-20-10(13(16,17)18)7-21(11)6-9-5-19-12(15)22-9/h8-12,19-20H,2-7H2,1H3. The molecule has 0 bridgehead atoms. The van der Waals surface area contributed by atoms with Gasteiger partial charge in [0.1, 0.15) is 10.9 Å². The summed E-state index contributed by atoms with van der Waals surface area (Å²) in [5, 5.41) is 6.10. The maximum Gasteiger partial charge on any atom is 0.405 e. The number of rotatable bonds is 6. The lowest BCUT2D eigenvalue weighted by molar-refractivity contribution is -0.150. The van der Waals surface area contributed by atoms with E-state index in [-0.39, 0.29) is 28.7 Å². The molecule has 0 amide bonds.